The summed E-state index contributed by atoms with van der Waals surface area (Å²) in [5.74, 6) is 0.202. The number of sulfonamides is 1. The number of unbranched alkanes of at least 4 members (excludes halogenated alkanes) is 1. The van der Waals surface area contributed by atoms with Crippen molar-refractivity contribution in [2.75, 3.05) is 13.7 Å². The molecule has 162 valence electrons. The molecule has 0 amide bonds. The molecule has 0 spiro atoms. The second-order valence-corrected chi connectivity index (χ2v) is 9.34. The van der Waals surface area contributed by atoms with Crippen LogP contribution in [0, 0.1) is 12.8 Å². The average Bonchev–Trinajstić information content (AvgIpc) is 3.19. The third-order valence-corrected chi connectivity index (χ3v) is 6.76. The molecule has 0 aromatic heterocycles. The number of esters is 1. The molecular formula is C22H34N2O4S. The van der Waals surface area contributed by atoms with Gasteiger partial charge in [-0.25, -0.2) is 4.79 Å². The second kappa shape index (κ2) is 10.8. The van der Waals surface area contributed by atoms with Crippen molar-refractivity contribution in [2.45, 2.75) is 76.7 Å². The lowest BCUT2D eigenvalue weighted by molar-refractivity contribution is -0.144. The first-order valence-corrected chi connectivity index (χ1v) is 12.0. The molecule has 1 aliphatic rings. The highest BCUT2D eigenvalue weighted by atomic mass is 32.2. The molecule has 2 atom stereocenters. The summed E-state index contributed by atoms with van der Waals surface area (Å²) in [6.07, 6.45) is 6.11. The Morgan fingerprint density at radius 2 is 1.90 bits per heavy atom. The number of nitrogens with zero attached hydrogens (tertiary/aromatic N) is 2. The molecular weight excluding hydrogens is 388 g/mol. The number of amidine groups is 1. The van der Waals surface area contributed by atoms with Gasteiger partial charge in [0, 0.05) is 12.5 Å². The maximum Gasteiger partial charge on any atom is 0.328 e. The smallest absolute Gasteiger partial charge is 0.328 e. The second-order valence-electron chi connectivity index (χ2n) is 7.74. The van der Waals surface area contributed by atoms with E-state index in [0.29, 0.717) is 18.8 Å². The minimum atomic E-state index is -3.86. The highest BCUT2D eigenvalue weighted by Gasteiger charge is 2.37. The minimum absolute atomic E-state index is 0.00503. The van der Waals surface area contributed by atoms with E-state index in [1.807, 2.05) is 11.8 Å². The number of methoxy groups -OCH3 is 1. The van der Waals surface area contributed by atoms with E-state index < -0.39 is 16.1 Å². The van der Waals surface area contributed by atoms with Crippen LogP contribution in [0.5, 0.6) is 0 Å². The lowest BCUT2D eigenvalue weighted by Crippen LogP contribution is -2.44. The maximum absolute atomic E-state index is 13.1. The number of hydrogen-bond donors (Lipinski definition) is 0. The minimum Gasteiger partial charge on any atom is -0.467 e. The summed E-state index contributed by atoms with van der Waals surface area (Å²) >= 11 is 0. The number of hydrogen-bond acceptors (Lipinski definition) is 4. The van der Waals surface area contributed by atoms with Gasteiger partial charge in [0.15, 0.2) is 0 Å². The van der Waals surface area contributed by atoms with Crippen LogP contribution in [-0.4, -0.2) is 44.8 Å². The van der Waals surface area contributed by atoms with Crippen molar-refractivity contribution in [1.82, 2.24) is 4.90 Å². The van der Waals surface area contributed by atoms with Crippen LogP contribution < -0.4 is 0 Å². The molecule has 0 saturated carbocycles. The summed E-state index contributed by atoms with van der Waals surface area (Å²) in [5, 5.41) is 0. The molecule has 1 aromatic carbocycles. The van der Waals surface area contributed by atoms with Gasteiger partial charge < -0.3 is 9.64 Å². The van der Waals surface area contributed by atoms with E-state index in [0.717, 1.165) is 44.1 Å². The van der Waals surface area contributed by atoms with Gasteiger partial charge in [0.1, 0.15) is 11.9 Å². The third-order valence-electron chi connectivity index (χ3n) is 5.46. The van der Waals surface area contributed by atoms with Gasteiger partial charge in [0.25, 0.3) is 10.0 Å². The standard InChI is InChI=1S/C22H34N2O4S/c1-5-7-10-18(9-6-2)21(24-16-8-11-20(24)22(25)28-4)23-29(26,27)19-14-12-17(3)13-15-19/h12-15,18,20H,5-11,16H2,1-4H3/b23-21+/t18?,20-/m0/s1. The van der Waals surface area contributed by atoms with Gasteiger partial charge in [-0.3, -0.25) is 0 Å². The van der Waals surface area contributed by atoms with Crippen molar-refractivity contribution < 1.29 is 17.9 Å². The highest BCUT2D eigenvalue weighted by Crippen LogP contribution is 2.28. The van der Waals surface area contributed by atoms with Crippen molar-refractivity contribution >= 4 is 21.8 Å². The van der Waals surface area contributed by atoms with Gasteiger partial charge in [-0.05, 0) is 44.7 Å². The number of benzene rings is 1. The van der Waals surface area contributed by atoms with Crippen LogP contribution in [0.3, 0.4) is 0 Å². The molecule has 29 heavy (non-hydrogen) atoms. The zero-order valence-corrected chi connectivity index (χ0v) is 18.9. The first-order chi connectivity index (χ1) is 13.8. The molecule has 0 N–H and O–H groups in total. The Hall–Kier alpha value is -1.89. The molecule has 7 heteroatoms. The van der Waals surface area contributed by atoms with Crippen molar-refractivity contribution in [3.63, 3.8) is 0 Å². The molecule has 1 fully saturated rings. The molecule has 1 aromatic rings. The summed E-state index contributed by atoms with van der Waals surface area (Å²) in [5.41, 5.74) is 0.991. The Balaban J connectivity index is 2.51. The van der Waals surface area contributed by atoms with E-state index in [1.54, 1.807) is 24.3 Å². The summed E-state index contributed by atoms with van der Waals surface area (Å²) in [6, 6.07) is 6.27. The molecule has 2 rings (SSSR count). The Morgan fingerprint density at radius 1 is 1.21 bits per heavy atom. The van der Waals surface area contributed by atoms with Crippen molar-refractivity contribution in [1.29, 1.82) is 0 Å². The molecule has 1 aliphatic heterocycles. The van der Waals surface area contributed by atoms with Crippen LogP contribution in [0.15, 0.2) is 33.6 Å². The number of likely N-dealkylation sites (tertiary alicyclic amines) is 1. The molecule has 0 radical (unpaired) electrons. The number of ether oxygens (including phenoxy) is 1. The lowest BCUT2D eigenvalue weighted by atomic mass is 9.94. The summed E-state index contributed by atoms with van der Waals surface area (Å²) in [4.78, 5) is 14.4. The molecule has 6 nitrogen and oxygen atoms in total. The van der Waals surface area contributed by atoms with E-state index in [-0.39, 0.29) is 16.8 Å². The van der Waals surface area contributed by atoms with Gasteiger partial charge >= 0.3 is 5.97 Å². The van der Waals surface area contributed by atoms with Gasteiger partial charge in [-0.2, -0.15) is 8.42 Å². The maximum atomic E-state index is 13.1. The molecule has 1 heterocycles. The first kappa shape index (κ1) is 23.4. The average molecular weight is 423 g/mol. The molecule has 1 unspecified atom stereocenters. The Kier molecular flexibility index (Phi) is 8.68. The van der Waals surface area contributed by atoms with Gasteiger partial charge in [-0.15, -0.1) is 4.40 Å². The number of aryl methyl sites for hydroxylation is 1. The summed E-state index contributed by atoms with van der Waals surface area (Å²) < 4.78 is 35.5. The Labute approximate surface area is 175 Å². The van der Waals surface area contributed by atoms with Crippen LogP contribution in [0.4, 0.5) is 0 Å². The first-order valence-electron chi connectivity index (χ1n) is 10.6. The van der Waals surface area contributed by atoms with E-state index in [4.69, 9.17) is 4.74 Å². The fourth-order valence-electron chi connectivity index (χ4n) is 3.87. The molecule has 0 bridgehead atoms. The van der Waals surface area contributed by atoms with Gasteiger partial charge in [0.05, 0.1) is 12.0 Å². The number of rotatable bonds is 9. The van der Waals surface area contributed by atoms with Crippen LogP contribution >= 0.6 is 0 Å². The van der Waals surface area contributed by atoms with E-state index >= 15 is 0 Å². The fraction of sp³-hybridized carbons (Fsp3) is 0.636. The Bertz CT molecular complexity index is 803. The SMILES string of the molecule is CCCCC(CCC)/C(=N\S(=O)(=O)c1ccc(C)cc1)N1CCC[C@H]1C(=O)OC. The largest absolute Gasteiger partial charge is 0.467 e. The van der Waals surface area contributed by atoms with Crippen molar-refractivity contribution in [3.8, 4) is 0 Å². The van der Waals surface area contributed by atoms with Crippen molar-refractivity contribution in [2.24, 2.45) is 10.3 Å². The quantitative estimate of drug-likeness (QED) is 0.336. The zero-order chi connectivity index (χ0) is 21.4. The third kappa shape index (κ3) is 6.04. The summed E-state index contributed by atoms with van der Waals surface area (Å²) in [6.45, 7) is 6.75. The normalized spacial score (nSPS) is 18.7. The highest BCUT2D eigenvalue weighted by molar-refractivity contribution is 7.90. The Morgan fingerprint density at radius 3 is 2.48 bits per heavy atom. The lowest BCUT2D eigenvalue weighted by Gasteiger charge is -2.31. The predicted molar refractivity (Wildman–Crippen MR) is 115 cm³/mol. The monoisotopic (exact) mass is 422 g/mol. The van der Waals surface area contributed by atoms with E-state index in [9.17, 15) is 13.2 Å². The van der Waals surface area contributed by atoms with E-state index in [1.165, 1.54) is 7.11 Å². The van der Waals surface area contributed by atoms with Crippen molar-refractivity contribution in [3.05, 3.63) is 29.8 Å². The zero-order valence-electron chi connectivity index (χ0n) is 18.1. The number of carbonyl (C=O) groups excluding carboxylic acids is 1. The fourth-order valence-corrected chi connectivity index (χ4v) is 4.96. The topological polar surface area (TPSA) is 76.0 Å². The van der Waals surface area contributed by atoms with Crippen LogP contribution in [0.1, 0.15) is 64.4 Å². The van der Waals surface area contributed by atoms with Crippen LogP contribution in [0.25, 0.3) is 0 Å². The summed E-state index contributed by atoms with van der Waals surface area (Å²) in [7, 11) is -2.49. The van der Waals surface area contributed by atoms with Gasteiger partial charge in [-0.1, -0.05) is 50.8 Å². The van der Waals surface area contributed by atoms with Crippen LogP contribution in [0.2, 0.25) is 0 Å². The predicted octanol–water partition coefficient (Wildman–Crippen LogP) is 4.33. The molecule has 1 saturated heterocycles. The number of carbonyl (C=O) groups is 1. The van der Waals surface area contributed by atoms with E-state index in [2.05, 4.69) is 18.2 Å². The molecule has 0 aliphatic carbocycles. The van der Waals surface area contributed by atoms with Gasteiger partial charge in [0.2, 0.25) is 0 Å². The van der Waals surface area contributed by atoms with Crippen LogP contribution in [-0.2, 0) is 19.6 Å².